The average Bonchev–Trinajstić information content (AvgIpc) is 2.39. The van der Waals surface area contributed by atoms with Crippen molar-refractivity contribution in [3.63, 3.8) is 0 Å². The lowest BCUT2D eigenvalue weighted by atomic mass is 9.99. The minimum atomic E-state index is 0.930. The van der Waals surface area contributed by atoms with E-state index in [0.717, 1.165) is 5.75 Å². The number of rotatable bonds is 7. The summed E-state index contributed by atoms with van der Waals surface area (Å²) in [5.74, 6) is 0.930. The first kappa shape index (κ1) is 13.8. The van der Waals surface area contributed by atoms with Crippen LogP contribution < -0.4 is 4.74 Å². The van der Waals surface area contributed by atoms with Crippen LogP contribution in [0.25, 0.3) is 5.57 Å². The topological polar surface area (TPSA) is 9.23 Å². The third kappa shape index (κ3) is 4.64. The van der Waals surface area contributed by atoms with E-state index in [0.29, 0.717) is 0 Å². The van der Waals surface area contributed by atoms with Crippen LogP contribution in [-0.4, -0.2) is 7.11 Å². The number of allylic oxidation sites excluding steroid dienone is 2. The molecule has 0 atom stereocenters. The van der Waals surface area contributed by atoms with Crippen LogP contribution in [0.4, 0.5) is 0 Å². The summed E-state index contributed by atoms with van der Waals surface area (Å²) < 4.78 is 5.19. The minimum Gasteiger partial charge on any atom is -0.497 e. The van der Waals surface area contributed by atoms with Crippen LogP contribution in [0.1, 0.15) is 51.5 Å². The molecule has 0 aliphatic rings. The molecule has 1 nitrogen and oxygen atoms in total. The first-order valence-corrected chi connectivity index (χ1v) is 6.65. The maximum absolute atomic E-state index is 5.19. The Labute approximate surface area is 106 Å². The molecule has 0 heterocycles. The summed E-state index contributed by atoms with van der Waals surface area (Å²) in [6, 6.07) is 8.41. The second-order valence-electron chi connectivity index (χ2n) is 4.35. The smallest absolute Gasteiger partial charge is 0.118 e. The van der Waals surface area contributed by atoms with Gasteiger partial charge in [0.15, 0.2) is 0 Å². The van der Waals surface area contributed by atoms with E-state index in [-0.39, 0.29) is 0 Å². The number of benzene rings is 1. The van der Waals surface area contributed by atoms with E-state index in [2.05, 4.69) is 32.1 Å². The fourth-order valence-corrected chi connectivity index (χ4v) is 1.86. The first-order chi connectivity index (χ1) is 8.31. The first-order valence-electron chi connectivity index (χ1n) is 6.65. The molecular formula is C16H24O. The Morgan fingerprint density at radius 3 is 2.35 bits per heavy atom. The quantitative estimate of drug-likeness (QED) is 0.637. The predicted octanol–water partition coefficient (Wildman–Crippen LogP) is 5.07. The highest BCUT2D eigenvalue weighted by atomic mass is 16.5. The molecule has 0 radical (unpaired) electrons. The molecular weight excluding hydrogens is 208 g/mol. The Morgan fingerprint density at radius 2 is 1.82 bits per heavy atom. The van der Waals surface area contributed by atoms with Gasteiger partial charge in [-0.25, -0.2) is 0 Å². The molecule has 1 rings (SSSR count). The van der Waals surface area contributed by atoms with Gasteiger partial charge in [-0.1, -0.05) is 44.9 Å². The Balaban J connectivity index is 2.79. The predicted molar refractivity (Wildman–Crippen MR) is 75.4 cm³/mol. The van der Waals surface area contributed by atoms with E-state index in [1.165, 1.54) is 43.2 Å². The van der Waals surface area contributed by atoms with Crippen molar-refractivity contribution < 1.29 is 4.74 Å². The SMILES string of the molecule is CCCC=C(CCCC)c1ccc(OC)cc1. The lowest BCUT2D eigenvalue weighted by Gasteiger charge is -2.08. The molecule has 0 N–H and O–H groups in total. The van der Waals surface area contributed by atoms with E-state index in [1.54, 1.807) is 7.11 Å². The van der Waals surface area contributed by atoms with E-state index in [1.807, 2.05) is 12.1 Å². The highest BCUT2D eigenvalue weighted by Crippen LogP contribution is 2.24. The van der Waals surface area contributed by atoms with Gasteiger partial charge >= 0.3 is 0 Å². The zero-order valence-electron chi connectivity index (χ0n) is 11.3. The molecule has 94 valence electrons. The lowest BCUT2D eigenvalue weighted by molar-refractivity contribution is 0.415. The maximum Gasteiger partial charge on any atom is 0.118 e. The summed E-state index contributed by atoms with van der Waals surface area (Å²) in [7, 11) is 1.71. The maximum atomic E-state index is 5.19. The number of ether oxygens (including phenoxy) is 1. The van der Waals surface area contributed by atoms with Gasteiger partial charge in [0, 0.05) is 0 Å². The molecule has 1 aromatic carbocycles. The van der Waals surface area contributed by atoms with Gasteiger partial charge in [0.2, 0.25) is 0 Å². The standard InChI is InChI=1S/C16H24O/c1-4-6-8-14(9-7-5-2)15-10-12-16(17-3)13-11-15/h8,10-13H,4-7,9H2,1-3H3. The second-order valence-corrected chi connectivity index (χ2v) is 4.35. The molecule has 0 saturated carbocycles. The van der Waals surface area contributed by atoms with Gasteiger partial charge < -0.3 is 4.74 Å². The van der Waals surface area contributed by atoms with Crippen LogP contribution in [0.3, 0.4) is 0 Å². The molecule has 0 aliphatic carbocycles. The molecule has 0 fully saturated rings. The Morgan fingerprint density at radius 1 is 1.12 bits per heavy atom. The van der Waals surface area contributed by atoms with Crippen LogP contribution in [-0.2, 0) is 0 Å². The van der Waals surface area contributed by atoms with E-state index >= 15 is 0 Å². The van der Waals surface area contributed by atoms with Crippen LogP contribution >= 0.6 is 0 Å². The van der Waals surface area contributed by atoms with Crippen molar-refractivity contribution in [3.05, 3.63) is 35.9 Å². The van der Waals surface area contributed by atoms with Crippen LogP contribution in [0.5, 0.6) is 5.75 Å². The zero-order valence-corrected chi connectivity index (χ0v) is 11.3. The van der Waals surface area contributed by atoms with Crippen molar-refractivity contribution in [1.82, 2.24) is 0 Å². The van der Waals surface area contributed by atoms with Gasteiger partial charge in [0.25, 0.3) is 0 Å². The molecule has 0 bridgehead atoms. The highest BCUT2D eigenvalue weighted by molar-refractivity contribution is 5.66. The van der Waals surface area contributed by atoms with E-state index in [4.69, 9.17) is 4.74 Å². The summed E-state index contributed by atoms with van der Waals surface area (Å²) in [5, 5.41) is 0. The monoisotopic (exact) mass is 232 g/mol. The van der Waals surface area contributed by atoms with Crippen LogP contribution in [0, 0.1) is 0 Å². The van der Waals surface area contributed by atoms with Gasteiger partial charge in [0.05, 0.1) is 7.11 Å². The lowest BCUT2D eigenvalue weighted by Crippen LogP contribution is -1.87. The number of hydrogen-bond donors (Lipinski definition) is 0. The van der Waals surface area contributed by atoms with Gasteiger partial charge in [-0.2, -0.15) is 0 Å². The highest BCUT2D eigenvalue weighted by Gasteiger charge is 2.01. The normalized spacial score (nSPS) is 11.6. The van der Waals surface area contributed by atoms with Crippen molar-refractivity contribution in [1.29, 1.82) is 0 Å². The molecule has 0 spiro atoms. The van der Waals surface area contributed by atoms with E-state index < -0.39 is 0 Å². The third-order valence-electron chi connectivity index (χ3n) is 2.94. The summed E-state index contributed by atoms with van der Waals surface area (Å²) in [6.07, 6.45) is 8.47. The fourth-order valence-electron chi connectivity index (χ4n) is 1.86. The van der Waals surface area contributed by atoms with Crippen molar-refractivity contribution >= 4 is 5.57 Å². The Kier molecular flexibility index (Phi) is 6.46. The van der Waals surface area contributed by atoms with Gasteiger partial charge in [-0.15, -0.1) is 0 Å². The van der Waals surface area contributed by atoms with Crippen molar-refractivity contribution in [2.45, 2.75) is 46.0 Å². The van der Waals surface area contributed by atoms with Gasteiger partial charge in [0.1, 0.15) is 5.75 Å². The van der Waals surface area contributed by atoms with Gasteiger partial charge in [-0.3, -0.25) is 0 Å². The zero-order chi connectivity index (χ0) is 12.5. The molecule has 0 unspecified atom stereocenters. The van der Waals surface area contributed by atoms with Crippen LogP contribution in [0.2, 0.25) is 0 Å². The number of hydrogen-bond acceptors (Lipinski definition) is 1. The largest absolute Gasteiger partial charge is 0.497 e. The van der Waals surface area contributed by atoms with E-state index in [9.17, 15) is 0 Å². The van der Waals surface area contributed by atoms with Crippen LogP contribution in [0.15, 0.2) is 30.3 Å². The Hall–Kier alpha value is -1.24. The molecule has 1 aromatic rings. The molecule has 0 saturated heterocycles. The number of methoxy groups -OCH3 is 1. The second kappa shape index (κ2) is 7.94. The van der Waals surface area contributed by atoms with Gasteiger partial charge in [-0.05, 0) is 42.5 Å². The minimum absolute atomic E-state index is 0.930. The summed E-state index contributed by atoms with van der Waals surface area (Å²) in [5.41, 5.74) is 2.82. The molecule has 17 heavy (non-hydrogen) atoms. The third-order valence-corrected chi connectivity index (χ3v) is 2.94. The van der Waals surface area contributed by atoms with Crippen molar-refractivity contribution in [2.75, 3.05) is 7.11 Å². The molecule has 0 aliphatic heterocycles. The fraction of sp³-hybridized carbons (Fsp3) is 0.500. The molecule has 0 amide bonds. The summed E-state index contributed by atoms with van der Waals surface area (Å²) in [6.45, 7) is 4.47. The molecule has 0 aromatic heterocycles. The summed E-state index contributed by atoms with van der Waals surface area (Å²) in [4.78, 5) is 0. The average molecular weight is 232 g/mol. The summed E-state index contributed by atoms with van der Waals surface area (Å²) >= 11 is 0. The molecule has 1 heteroatoms. The Bertz CT molecular complexity index is 335. The van der Waals surface area contributed by atoms with Crippen molar-refractivity contribution in [3.8, 4) is 5.75 Å². The number of unbranched alkanes of at least 4 members (excludes halogenated alkanes) is 2. The van der Waals surface area contributed by atoms with Crippen molar-refractivity contribution in [2.24, 2.45) is 0 Å².